The molecule has 78 valence electrons. The lowest BCUT2D eigenvalue weighted by Gasteiger charge is -2.02. The van der Waals surface area contributed by atoms with Crippen molar-refractivity contribution in [3.8, 4) is 0 Å². The first-order valence-corrected chi connectivity index (χ1v) is 4.84. The molecule has 0 heterocycles. The van der Waals surface area contributed by atoms with E-state index in [4.69, 9.17) is 0 Å². The van der Waals surface area contributed by atoms with Crippen LogP contribution in [0.3, 0.4) is 0 Å². The zero-order valence-corrected chi connectivity index (χ0v) is 8.86. The monoisotopic (exact) mass is 201 g/mol. The normalized spacial score (nSPS) is 10.9. The third-order valence-electron chi connectivity index (χ3n) is 2.01. The highest BCUT2D eigenvalue weighted by molar-refractivity contribution is 5.74. The van der Waals surface area contributed by atoms with Gasteiger partial charge in [-0.3, -0.25) is 4.79 Å². The molecule has 0 bridgehead atoms. The Balaban J connectivity index is 2.65. The van der Waals surface area contributed by atoms with Gasteiger partial charge in [0.1, 0.15) is 6.29 Å². The summed E-state index contributed by atoms with van der Waals surface area (Å²) in [5, 5.41) is 3.07. The van der Waals surface area contributed by atoms with E-state index >= 15 is 0 Å². The van der Waals surface area contributed by atoms with Gasteiger partial charge in [-0.25, -0.2) is 0 Å². The number of allylic oxidation sites excluding steroid dienone is 2. The van der Waals surface area contributed by atoms with Crippen LogP contribution in [-0.4, -0.2) is 6.29 Å². The van der Waals surface area contributed by atoms with E-state index < -0.39 is 0 Å². The summed E-state index contributed by atoms with van der Waals surface area (Å²) >= 11 is 0. The van der Waals surface area contributed by atoms with E-state index in [9.17, 15) is 4.79 Å². The molecule has 0 aliphatic carbocycles. The van der Waals surface area contributed by atoms with Crippen LogP contribution in [0, 0.1) is 6.92 Å². The van der Waals surface area contributed by atoms with Gasteiger partial charge in [-0.05, 0) is 25.5 Å². The molecule has 0 unspecified atom stereocenters. The Kier molecular flexibility index (Phi) is 4.35. The molecule has 0 aliphatic heterocycles. The lowest BCUT2D eigenvalue weighted by atomic mass is 10.2. The molecule has 0 fully saturated rings. The maximum Gasteiger partial charge on any atom is 0.147 e. The van der Waals surface area contributed by atoms with Gasteiger partial charge in [0.05, 0.1) is 0 Å². The van der Waals surface area contributed by atoms with Crippen LogP contribution >= 0.6 is 0 Å². The number of benzene rings is 1. The Morgan fingerprint density at radius 1 is 1.40 bits per heavy atom. The van der Waals surface area contributed by atoms with Crippen molar-refractivity contribution in [3.05, 3.63) is 54.3 Å². The second-order valence-electron chi connectivity index (χ2n) is 3.34. The maximum atomic E-state index is 10.6. The summed E-state index contributed by atoms with van der Waals surface area (Å²) in [6.45, 7) is 5.62. The standard InChI is InChI=1S/C13H15NO/c1-3-4-12(10-15)9-14-13-7-5-11(2)6-8-13/h3,5-10,14H,1,4H2,2H3. The van der Waals surface area contributed by atoms with Crippen molar-refractivity contribution in [2.75, 3.05) is 5.32 Å². The van der Waals surface area contributed by atoms with E-state index in [-0.39, 0.29) is 0 Å². The van der Waals surface area contributed by atoms with Crippen LogP contribution in [0.15, 0.2) is 48.7 Å². The van der Waals surface area contributed by atoms with Crippen molar-refractivity contribution in [2.24, 2.45) is 0 Å². The number of anilines is 1. The van der Waals surface area contributed by atoms with Crippen molar-refractivity contribution in [1.82, 2.24) is 0 Å². The van der Waals surface area contributed by atoms with E-state index in [0.717, 1.165) is 12.0 Å². The van der Waals surface area contributed by atoms with Crippen LogP contribution in [0.1, 0.15) is 12.0 Å². The molecule has 0 aliphatic rings. The Hall–Kier alpha value is -1.83. The zero-order valence-electron chi connectivity index (χ0n) is 8.86. The number of hydrogen-bond acceptors (Lipinski definition) is 2. The zero-order chi connectivity index (χ0) is 11.1. The van der Waals surface area contributed by atoms with Gasteiger partial charge in [0.2, 0.25) is 0 Å². The molecule has 1 rings (SSSR count). The molecule has 15 heavy (non-hydrogen) atoms. The largest absolute Gasteiger partial charge is 0.361 e. The maximum absolute atomic E-state index is 10.6. The molecule has 1 aromatic rings. The molecular formula is C13H15NO. The molecule has 2 heteroatoms. The smallest absolute Gasteiger partial charge is 0.147 e. The van der Waals surface area contributed by atoms with E-state index in [1.807, 2.05) is 31.2 Å². The fourth-order valence-electron chi connectivity index (χ4n) is 1.13. The highest BCUT2D eigenvalue weighted by Gasteiger charge is 1.92. The third kappa shape index (κ3) is 3.81. The van der Waals surface area contributed by atoms with Crippen molar-refractivity contribution in [3.63, 3.8) is 0 Å². The molecule has 1 N–H and O–H groups in total. The minimum absolute atomic E-state index is 0.586. The average Bonchev–Trinajstić information content (AvgIpc) is 2.26. The fraction of sp³-hybridized carbons (Fsp3) is 0.154. The summed E-state index contributed by atoms with van der Waals surface area (Å²) in [7, 11) is 0. The van der Waals surface area contributed by atoms with Crippen LogP contribution in [0.5, 0.6) is 0 Å². The van der Waals surface area contributed by atoms with Crippen LogP contribution in [-0.2, 0) is 4.79 Å². The number of nitrogens with one attached hydrogen (secondary N) is 1. The first kappa shape index (κ1) is 11.2. The van der Waals surface area contributed by atoms with Crippen LogP contribution in [0.25, 0.3) is 0 Å². The summed E-state index contributed by atoms with van der Waals surface area (Å²) in [6.07, 6.45) is 4.83. The minimum atomic E-state index is 0.586. The fourth-order valence-corrected chi connectivity index (χ4v) is 1.13. The molecule has 0 amide bonds. The van der Waals surface area contributed by atoms with Gasteiger partial charge in [-0.1, -0.05) is 23.8 Å². The van der Waals surface area contributed by atoms with Crippen molar-refractivity contribution in [1.29, 1.82) is 0 Å². The minimum Gasteiger partial charge on any atom is -0.361 e. The number of carbonyl (C=O) groups excluding carboxylic acids is 1. The second-order valence-corrected chi connectivity index (χ2v) is 3.34. The molecule has 0 saturated carbocycles. The Bertz CT molecular complexity index is 363. The number of aldehydes is 1. The van der Waals surface area contributed by atoms with Gasteiger partial charge in [0.25, 0.3) is 0 Å². The van der Waals surface area contributed by atoms with Gasteiger partial charge in [0.15, 0.2) is 0 Å². The third-order valence-corrected chi connectivity index (χ3v) is 2.01. The summed E-state index contributed by atoms with van der Waals surface area (Å²) in [5.74, 6) is 0. The molecule has 0 saturated heterocycles. The van der Waals surface area contributed by atoms with Gasteiger partial charge in [0, 0.05) is 17.5 Å². The van der Waals surface area contributed by atoms with Gasteiger partial charge in [-0.15, -0.1) is 6.58 Å². The van der Waals surface area contributed by atoms with Crippen molar-refractivity contribution < 1.29 is 4.79 Å². The number of carbonyl (C=O) groups is 1. The number of hydrogen-bond donors (Lipinski definition) is 1. The predicted molar refractivity (Wildman–Crippen MR) is 63.8 cm³/mol. The van der Waals surface area contributed by atoms with Crippen LogP contribution < -0.4 is 5.32 Å². The topological polar surface area (TPSA) is 29.1 Å². The second kappa shape index (κ2) is 5.81. The SMILES string of the molecule is C=CCC(C=O)=CNc1ccc(C)cc1. The molecule has 1 aromatic carbocycles. The van der Waals surface area contributed by atoms with E-state index in [1.165, 1.54) is 5.56 Å². The molecule has 0 spiro atoms. The highest BCUT2D eigenvalue weighted by Crippen LogP contribution is 2.09. The van der Waals surface area contributed by atoms with Gasteiger partial charge < -0.3 is 5.32 Å². The summed E-state index contributed by atoms with van der Waals surface area (Å²) < 4.78 is 0. The lowest BCUT2D eigenvalue weighted by molar-refractivity contribution is -0.105. The van der Waals surface area contributed by atoms with E-state index in [2.05, 4.69) is 11.9 Å². The molecule has 0 radical (unpaired) electrons. The number of aryl methyl sites for hydroxylation is 1. The Morgan fingerprint density at radius 2 is 2.07 bits per heavy atom. The average molecular weight is 201 g/mol. The van der Waals surface area contributed by atoms with Crippen molar-refractivity contribution in [2.45, 2.75) is 13.3 Å². The Morgan fingerprint density at radius 3 is 2.60 bits per heavy atom. The quantitative estimate of drug-likeness (QED) is 0.450. The number of rotatable bonds is 5. The Labute approximate surface area is 90.3 Å². The van der Waals surface area contributed by atoms with E-state index in [0.29, 0.717) is 12.0 Å². The highest BCUT2D eigenvalue weighted by atomic mass is 16.1. The molecule has 0 aromatic heterocycles. The summed E-state index contributed by atoms with van der Waals surface area (Å²) in [6, 6.07) is 7.98. The molecule has 0 atom stereocenters. The van der Waals surface area contributed by atoms with Gasteiger partial charge >= 0.3 is 0 Å². The van der Waals surface area contributed by atoms with Crippen LogP contribution in [0.2, 0.25) is 0 Å². The summed E-state index contributed by atoms with van der Waals surface area (Å²) in [5.41, 5.74) is 2.88. The van der Waals surface area contributed by atoms with Gasteiger partial charge in [-0.2, -0.15) is 0 Å². The predicted octanol–water partition coefficient (Wildman–Crippen LogP) is 3.07. The summed E-state index contributed by atoms with van der Waals surface area (Å²) in [4.78, 5) is 10.6. The van der Waals surface area contributed by atoms with Crippen LogP contribution in [0.4, 0.5) is 5.69 Å². The molecule has 2 nitrogen and oxygen atoms in total. The van der Waals surface area contributed by atoms with Crippen molar-refractivity contribution >= 4 is 12.0 Å². The molecular weight excluding hydrogens is 186 g/mol. The first-order chi connectivity index (χ1) is 7.26. The lowest BCUT2D eigenvalue weighted by Crippen LogP contribution is -1.92. The van der Waals surface area contributed by atoms with E-state index in [1.54, 1.807) is 12.3 Å². The first-order valence-electron chi connectivity index (χ1n) is 4.84.